The van der Waals surface area contributed by atoms with E-state index in [-0.39, 0.29) is 28.9 Å². The molecule has 0 aliphatic rings. The van der Waals surface area contributed by atoms with Crippen molar-refractivity contribution >= 4 is 34.2 Å². The summed E-state index contributed by atoms with van der Waals surface area (Å²) in [6, 6.07) is 12.5. The van der Waals surface area contributed by atoms with Gasteiger partial charge in [0.15, 0.2) is 0 Å². The fourth-order valence-corrected chi connectivity index (χ4v) is 1.96. The third kappa shape index (κ3) is 2.48. The van der Waals surface area contributed by atoms with Crippen LogP contribution < -0.4 is 0 Å². The number of nitrogens with zero attached hydrogens (tertiary/aromatic N) is 2. The maximum atomic E-state index is 4.58. The molecular weight excluding hydrogens is 290 g/mol. The van der Waals surface area contributed by atoms with Gasteiger partial charge in [0, 0.05) is 38.7 Å². The summed E-state index contributed by atoms with van der Waals surface area (Å²) in [5.74, 6) is 0. The van der Waals surface area contributed by atoms with Crippen molar-refractivity contribution in [1.29, 1.82) is 0 Å². The molecule has 1 aromatic carbocycles. The van der Waals surface area contributed by atoms with Gasteiger partial charge in [0.2, 0.25) is 0 Å². The molecule has 0 fully saturated rings. The first-order chi connectivity index (χ1) is 7.74. The molecule has 96 valence electrons. The summed E-state index contributed by atoms with van der Waals surface area (Å²) >= 11 is 0. The summed E-state index contributed by atoms with van der Waals surface area (Å²) in [6.45, 7) is 4.02. The van der Waals surface area contributed by atoms with Crippen LogP contribution in [0.2, 0.25) is 0 Å². The first-order valence-corrected chi connectivity index (χ1v) is 5.38. The number of hydrogen-bond donors (Lipinski definition) is 0. The zero-order valence-electron chi connectivity index (χ0n) is 10.1. The van der Waals surface area contributed by atoms with E-state index in [9.17, 15) is 0 Å². The Morgan fingerprint density at radius 3 is 1.39 bits per heavy atom. The molecule has 0 amide bonds. The van der Waals surface area contributed by atoms with Gasteiger partial charge >= 0.3 is 0 Å². The Morgan fingerprint density at radius 2 is 1.00 bits per heavy atom. The smallest absolute Gasteiger partial charge is 0.0967 e. The van der Waals surface area contributed by atoms with E-state index in [0.717, 1.165) is 33.2 Å². The number of halogens is 1. The average molecular weight is 303 g/mol. The van der Waals surface area contributed by atoms with Gasteiger partial charge in [-0.25, -0.2) is 0 Å². The fourth-order valence-electron chi connectivity index (χ4n) is 1.96. The Bertz CT molecular complexity index is 637. The van der Waals surface area contributed by atoms with Crippen LogP contribution in [0.1, 0.15) is 11.4 Å². The molecule has 4 heteroatoms. The van der Waals surface area contributed by atoms with Crippen molar-refractivity contribution in [3.05, 3.63) is 47.8 Å². The zero-order valence-corrected chi connectivity index (χ0v) is 11.9. The first-order valence-electron chi connectivity index (χ1n) is 5.38. The van der Waals surface area contributed by atoms with Crippen LogP contribution in [0, 0.1) is 13.8 Å². The molecule has 0 spiro atoms. The van der Waals surface area contributed by atoms with Crippen molar-refractivity contribution in [2.24, 2.45) is 0 Å². The second-order valence-electron chi connectivity index (χ2n) is 4.11. The first kappa shape index (κ1) is 14.9. The van der Waals surface area contributed by atoms with Crippen molar-refractivity contribution in [3.63, 3.8) is 0 Å². The Kier molecular flexibility index (Phi) is 4.67. The minimum atomic E-state index is 0. The fraction of sp³-hybridized carbons (Fsp3) is 0.143. The monoisotopic (exact) mass is 302 g/mol. The van der Waals surface area contributed by atoms with Crippen LogP contribution in [-0.4, -0.2) is 9.97 Å². The van der Waals surface area contributed by atoms with Crippen molar-refractivity contribution in [2.45, 2.75) is 13.8 Å². The Balaban J connectivity index is 0.000000810. The van der Waals surface area contributed by atoms with Gasteiger partial charge < -0.3 is 0 Å². The van der Waals surface area contributed by atoms with Crippen molar-refractivity contribution < 1.29 is 16.5 Å². The van der Waals surface area contributed by atoms with Gasteiger partial charge in [-0.05, 0) is 26.0 Å². The minimum absolute atomic E-state index is 0. The van der Waals surface area contributed by atoms with E-state index >= 15 is 0 Å². The van der Waals surface area contributed by atoms with Crippen LogP contribution in [0.4, 0.5) is 0 Å². The number of pyridine rings is 2. The van der Waals surface area contributed by atoms with Gasteiger partial charge in [-0.1, -0.05) is 24.3 Å². The third-order valence-corrected chi connectivity index (χ3v) is 2.80. The maximum Gasteiger partial charge on any atom is 0.0967 e. The molecule has 2 heterocycles. The summed E-state index contributed by atoms with van der Waals surface area (Å²) in [5, 5.41) is 2.30. The molecule has 0 radical (unpaired) electrons. The molecular formula is C14H13ClN2Ni. The van der Waals surface area contributed by atoms with Crippen LogP contribution >= 0.6 is 12.4 Å². The number of aromatic nitrogens is 2. The molecule has 18 heavy (non-hydrogen) atoms. The van der Waals surface area contributed by atoms with Gasteiger partial charge in [0.25, 0.3) is 0 Å². The molecule has 3 rings (SSSR count). The second-order valence-corrected chi connectivity index (χ2v) is 4.11. The van der Waals surface area contributed by atoms with E-state index in [1.807, 2.05) is 26.0 Å². The molecule has 0 aliphatic heterocycles. The Labute approximate surface area is 122 Å². The van der Waals surface area contributed by atoms with Crippen LogP contribution in [0.15, 0.2) is 36.4 Å². The maximum absolute atomic E-state index is 4.58. The Hall–Kier alpha value is -1.18. The van der Waals surface area contributed by atoms with Crippen molar-refractivity contribution in [3.8, 4) is 0 Å². The number of hydrogen-bond acceptors (Lipinski definition) is 2. The van der Waals surface area contributed by atoms with Gasteiger partial charge in [-0.3, -0.25) is 9.97 Å². The van der Waals surface area contributed by atoms with Crippen LogP contribution in [-0.2, 0) is 16.5 Å². The molecule has 2 nitrogen and oxygen atoms in total. The Morgan fingerprint density at radius 1 is 0.667 bits per heavy atom. The summed E-state index contributed by atoms with van der Waals surface area (Å²) in [6.07, 6.45) is 0. The largest absolute Gasteiger partial charge is 0.251 e. The van der Waals surface area contributed by atoms with E-state index in [2.05, 4.69) is 34.2 Å². The van der Waals surface area contributed by atoms with E-state index in [1.54, 1.807) is 0 Å². The van der Waals surface area contributed by atoms with Gasteiger partial charge in [0.1, 0.15) is 0 Å². The average Bonchev–Trinajstić information content (AvgIpc) is 2.29. The molecule has 0 N–H and O–H groups in total. The number of aryl methyl sites for hydroxylation is 2. The predicted molar refractivity (Wildman–Crippen MR) is 73.8 cm³/mol. The molecule has 3 aromatic rings. The van der Waals surface area contributed by atoms with Crippen LogP contribution in [0.25, 0.3) is 21.8 Å². The zero-order chi connectivity index (χ0) is 11.1. The quantitative estimate of drug-likeness (QED) is 0.466. The van der Waals surface area contributed by atoms with E-state index in [4.69, 9.17) is 0 Å². The van der Waals surface area contributed by atoms with Crippen molar-refractivity contribution in [2.75, 3.05) is 0 Å². The third-order valence-electron chi connectivity index (χ3n) is 2.80. The van der Waals surface area contributed by atoms with Crippen molar-refractivity contribution in [1.82, 2.24) is 9.97 Å². The molecule has 0 saturated heterocycles. The van der Waals surface area contributed by atoms with E-state index in [0.29, 0.717) is 0 Å². The SMILES string of the molecule is Cc1ccc2ccc3ccc(C)nc3c2n1.Cl.[Ni]. The van der Waals surface area contributed by atoms with E-state index < -0.39 is 0 Å². The van der Waals surface area contributed by atoms with E-state index in [1.165, 1.54) is 0 Å². The molecule has 0 bridgehead atoms. The van der Waals surface area contributed by atoms with Gasteiger partial charge in [-0.15, -0.1) is 12.4 Å². The summed E-state index contributed by atoms with van der Waals surface area (Å²) in [5.41, 5.74) is 4.06. The summed E-state index contributed by atoms with van der Waals surface area (Å²) in [7, 11) is 0. The second kappa shape index (κ2) is 5.64. The molecule has 0 unspecified atom stereocenters. The molecule has 0 aliphatic carbocycles. The van der Waals surface area contributed by atoms with Gasteiger partial charge in [0.05, 0.1) is 11.0 Å². The number of rotatable bonds is 0. The number of benzene rings is 1. The van der Waals surface area contributed by atoms with Crippen LogP contribution in [0.5, 0.6) is 0 Å². The predicted octanol–water partition coefficient (Wildman–Crippen LogP) is 3.82. The summed E-state index contributed by atoms with van der Waals surface area (Å²) in [4.78, 5) is 9.16. The molecule has 0 saturated carbocycles. The number of fused-ring (bicyclic) bond motifs is 3. The van der Waals surface area contributed by atoms with Crippen LogP contribution in [0.3, 0.4) is 0 Å². The molecule has 0 atom stereocenters. The van der Waals surface area contributed by atoms with Gasteiger partial charge in [-0.2, -0.15) is 0 Å². The molecule has 2 aromatic heterocycles. The summed E-state index contributed by atoms with van der Waals surface area (Å²) < 4.78 is 0. The standard InChI is InChI=1S/C14H12N2.ClH.Ni/c1-9-3-5-11-7-8-12-6-4-10(2)16-14(12)13(11)15-9;;/h3-8H,1-2H3;1H;. The minimum Gasteiger partial charge on any atom is -0.251 e. The normalized spacial score (nSPS) is 9.89. The topological polar surface area (TPSA) is 25.8 Å².